The summed E-state index contributed by atoms with van der Waals surface area (Å²) < 4.78 is 32.0. The third kappa shape index (κ3) is 5.02. The van der Waals surface area contributed by atoms with Crippen LogP contribution >= 0.6 is 0 Å². The van der Waals surface area contributed by atoms with Crippen molar-refractivity contribution in [2.45, 2.75) is 26.1 Å². The predicted octanol–water partition coefficient (Wildman–Crippen LogP) is 3.45. The van der Waals surface area contributed by atoms with Gasteiger partial charge in [-0.05, 0) is 49.4 Å². The van der Waals surface area contributed by atoms with Crippen LogP contribution in [0, 0.1) is 11.6 Å². The fourth-order valence-corrected chi connectivity index (χ4v) is 2.73. The van der Waals surface area contributed by atoms with Crippen LogP contribution in [0.15, 0.2) is 42.5 Å². The number of carbonyl (C=O) groups excluding carboxylic acids is 1. The second-order valence-corrected chi connectivity index (χ2v) is 6.38. The fraction of sp³-hybridized carbons (Fsp3) is 0.350. The summed E-state index contributed by atoms with van der Waals surface area (Å²) in [6, 6.07) is 10.5. The lowest BCUT2D eigenvalue weighted by Crippen LogP contribution is -2.43. The van der Waals surface area contributed by atoms with Crippen LogP contribution in [0.5, 0.6) is 5.75 Å². The molecular formula is C20H24F2N2O2. The second-order valence-electron chi connectivity index (χ2n) is 6.38. The molecule has 0 bridgehead atoms. The molecule has 2 aromatic carbocycles. The van der Waals surface area contributed by atoms with Crippen molar-refractivity contribution in [3.05, 3.63) is 65.2 Å². The number of rotatable bonds is 7. The molecule has 2 aromatic rings. The Morgan fingerprint density at radius 1 is 1.08 bits per heavy atom. The first-order valence-corrected chi connectivity index (χ1v) is 8.34. The molecule has 26 heavy (non-hydrogen) atoms. The molecule has 140 valence electrons. The highest BCUT2D eigenvalue weighted by Gasteiger charge is 2.22. The summed E-state index contributed by atoms with van der Waals surface area (Å²) in [6.07, 6.45) is 0. The highest BCUT2D eigenvalue weighted by atomic mass is 19.1. The van der Waals surface area contributed by atoms with E-state index in [0.29, 0.717) is 13.1 Å². The van der Waals surface area contributed by atoms with E-state index < -0.39 is 11.9 Å². The molecule has 0 aliphatic carbocycles. The average Bonchev–Trinajstić information content (AvgIpc) is 2.60. The Kier molecular flexibility index (Phi) is 6.69. The second kappa shape index (κ2) is 8.76. The third-order valence-electron chi connectivity index (χ3n) is 4.35. The average molecular weight is 362 g/mol. The Hall–Kier alpha value is -2.47. The molecule has 0 heterocycles. The number of benzene rings is 2. The van der Waals surface area contributed by atoms with Gasteiger partial charge >= 0.3 is 0 Å². The maximum absolute atomic E-state index is 13.8. The first-order valence-electron chi connectivity index (χ1n) is 8.34. The van der Waals surface area contributed by atoms with Crippen LogP contribution < -0.4 is 4.74 Å². The van der Waals surface area contributed by atoms with E-state index in [9.17, 15) is 13.6 Å². The minimum atomic E-state index is -0.430. The van der Waals surface area contributed by atoms with Gasteiger partial charge in [-0.3, -0.25) is 9.69 Å². The van der Waals surface area contributed by atoms with Crippen molar-refractivity contribution in [2.75, 3.05) is 21.2 Å². The first-order chi connectivity index (χ1) is 12.3. The molecule has 0 N–H and O–H groups in total. The van der Waals surface area contributed by atoms with Crippen LogP contribution in [0.1, 0.15) is 18.1 Å². The molecule has 4 nitrogen and oxygen atoms in total. The van der Waals surface area contributed by atoms with Crippen LogP contribution in [-0.4, -0.2) is 43.0 Å². The molecular weight excluding hydrogens is 338 g/mol. The number of carbonyl (C=O) groups is 1. The van der Waals surface area contributed by atoms with E-state index in [1.165, 1.54) is 25.3 Å². The van der Waals surface area contributed by atoms with E-state index in [-0.39, 0.29) is 17.5 Å². The van der Waals surface area contributed by atoms with Gasteiger partial charge in [-0.2, -0.15) is 0 Å². The maximum Gasteiger partial charge on any atom is 0.239 e. The monoisotopic (exact) mass is 362 g/mol. The van der Waals surface area contributed by atoms with Crippen molar-refractivity contribution in [3.8, 4) is 5.75 Å². The Balaban J connectivity index is 1.98. The zero-order valence-corrected chi connectivity index (χ0v) is 15.5. The molecule has 1 unspecified atom stereocenters. The van der Waals surface area contributed by atoms with E-state index in [4.69, 9.17) is 4.74 Å². The van der Waals surface area contributed by atoms with Gasteiger partial charge in [0.15, 0.2) is 11.6 Å². The number of likely N-dealkylation sites (N-methyl/N-ethyl adjacent to an activating group) is 2. The highest BCUT2D eigenvalue weighted by Crippen LogP contribution is 2.19. The molecule has 0 aliphatic rings. The molecule has 0 aromatic heterocycles. The molecule has 0 saturated carbocycles. The van der Waals surface area contributed by atoms with Crippen molar-refractivity contribution in [1.29, 1.82) is 0 Å². The molecule has 0 fully saturated rings. The quantitative estimate of drug-likeness (QED) is 0.756. The van der Waals surface area contributed by atoms with Crippen LogP contribution in [0.25, 0.3) is 0 Å². The van der Waals surface area contributed by atoms with E-state index in [1.807, 2.05) is 4.90 Å². The van der Waals surface area contributed by atoms with Crippen LogP contribution in [-0.2, 0) is 17.9 Å². The molecule has 2 rings (SSSR count). The lowest BCUT2D eigenvalue weighted by atomic mass is 10.1. The summed E-state index contributed by atoms with van der Waals surface area (Å²) in [5.41, 5.74) is 1.48. The SMILES string of the molecule is COc1ccc(CN(C)C(C)C(=O)N(C)Cc2cccc(F)c2)cc1F. The summed E-state index contributed by atoms with van der Waals surface area (Å²) in [5.74, 6) is -0.656. The summed E-state index contributed by atoms with van der Waals surface area (Å²) in [5, 5.41) is 0. The van der Waals surface area contributed by atoms with Gasteiger partial charge in [0, 0.05) is 20.1 Å². The Morgan fingerprint density at radius 2 is 1.77 bits per heavy atom. The zero-order chi connectivity index (χ0) is 19.3. The van der Waals surface area contributed by atoms with Crippen molar-refractivity contribution in [1.82, 2.24) is 9.80 Å². The summed E-state index contributed by atoms with van der Waals surface area (Å²) >= 11 is 0. The van der Waals surface area contributed by atoms with Crippen molar-refractivity contribution in [2.24, 2.45) is 0 Å². The van der Waals surface area contributed by atoms with Gasteiger partial charge in [0.1, 0.15) is 5.82 Å². The van der Waals surface area contributed by atoms with Gasteiger partial charge in [0.05, 0.1) is 13.2 Å². The number of amides is 1. The number of halogens is 2. The molecule has 0 radical (unpaired) electrons. The summed E-state index contributed by atoms with van der Waals surface area (Å²) in [4.78, 5) is 16.0. The van der Waals surface area contributed by atoms with Gasteiger partial charge < -0.3 is 9.64 Å². The van der Waals surface area contributed by atoms with Gasteiger partial charge in [0.2, 0.25) is 5.91 Å². The van der Waals surface area contributed by atoms with E-state index in [0.717, 1.165) is 11.1 Å². The van der Waals surface area contributed by atoms with Gasteiger partial charge in [-0.1, -0.05) is 18.2 Å². The molecule has 0 spiro atoms. The van der Waals surface area contributed by atoms with Crippen molar-refractivity contribution >= 4 is 5.91 Å². The van der Waals surface area contributed by atoms with Crippen LogP contribution in [0.3, 0.4) is 0 Å². The minimum Gasteiger partial charge on any atom is -0.494 e. The zero-order valence-electron chi connectivity index (χ0n) is 15.5. The maximum atomic E-state index is 13.8. The largest absolute Gasteiger partial charge is 0.494 e. The van der Waals surface area contributed by atoms with E-state index in [2.05, 4.69) is 0 Å². The van der Waals surface area contributed by atoms with Crippen LogP contribution in [0.2, 0.25) is 0 Å². The molecule has 6 heteroatoms. The minimum absolute atomic E-state index is 0.0919. The van der Waals surface area contributed by atoms with Crippen molar-refractivity contribution in [3.63, 3.8) is 0 Å². The summed E-state index contributed by atoms with van der Waals surface area (Å²) in [6.45, 7) is 2.54. The Bertz CT molecular complexity index is 767. The summed E-state index contributed by atoms with van der Waals surface area (Å²) in [7, 11) is 4.91. The fourth-order valence-electron chi connectivity index (χ4n) is 2.73. The number of methoxy groups -OCH3 is 1. The Morgan fingerprint density at radius 3 is 2.38 bits per heavy atom. The number of nitrogens with zero attached hydrogens (tertiary/aromatic N) is 2. The number of hydrogen-bond donors (Lipinski definition) is 0. The smallest absolute Gasteiger partial charge is 0.239 e. The van der Waals surface area contributed by atoms with Gasteiger partial charge in [-0.15, -0.1) is 0 Å². The number of hydrogen-bond acceptors (Lipinski definition) is 3. The third-order valence-corrected chi connectivity index (χ3v) is 4.35. The lowest BCUT2D eigenvalue weighted by molar-refractivity contribution is -0.135. The topological polar surface area (TPSA) is 32.8 Å². The Labute approximate surface area is 153 Å². The van der Waals surface area contributed by atoms with E-state index >= 15 is 0 Å². The number of ether oxygens (including phenoxy) is 1. The van der Waals surface area contributed by atoms with Gasteiger partial charge in [0.25, 0.3) is 0 Å². The predicted molar refractivity (Wildman–Crippen MR) is 96.8 cm³/mol. The molecule has 1 amide bonds. The van der Waals surface area contributed by atoms with Gasteiger partial charge in [-0.25, -0.2) is 8.78 Å². The lowest BCUT2D eigenvalue weighted by Gasteiger charge is -2.28. The molecule has 0 saturated heterocycles. The van der Waals surface area contributed by atoms with Crippen molar-refractivity contribution < 1.29 is 18.3 Å². The molecule has 0 aliphatic heterocycles. The van der Waals surface area contributed by atoms with E-state index in [1.54, 1.807) is 50.2 Å². The normalized spacial score (nSPS) is 12.1. The highest BCUT2D eigenvalue weighted by molar-refractivity contribution is 5.81. The molecule has 1 atom stereocenters. The van der Waals surface area contributed by atoms with Crippen LogP contribution in [0.4, 0.5) is 8.78 Å². The standard InChI is InChI=1S/C20H24F2N2O2/c1-14(20(25)24(3)13-15-6-5-7-17(21)10-15)23(2)12-16-8-9-19(26-4)18(22)11-16/h5-11,14H,12-13H2,1-4H3. The first kappa shape index (κ1) is 19.8.